The molecule has 4 heterocycles. The van der Waals surface area contributed by atoms with Gasteiger partial charge in [-0.1, -0.05) is 19.9 Å². The molecule has 4 aromatic rings. The highest BCUT2D eigenvalue weighted by Crippen LogP contribution is 2.31. The van der Waals surface area contributed by atoms with Gasteiger partial charge in [0.05, 0.1) is 0 Å². The Morgan fingerprint density at radius 3 is 2.48 bits per heavy atom. The van der Waals surface area contributed by atoms with Gasteiger partial charge < -0.3 is 14.8 Å². The molecule has 1 aliphatic heterocycles. The predicted octanol–water partition coefficient (Wildman–Crippen LogP) is 5.94. The molecule has 9 nitrogen and oxygen atoms in total. The van der Waals surface area contributed by atoms with Gasteiger partial charge in [-0.05, 0) is 69.2 Å². The number of rotatable bonds is 9. The molecule has 10 heteroatoms. The van der Waals surface area contributed by atoms with Crippen LogP contribution in [-0.4, -0.2) is 55.2 Å². The lowest BCUT2D eigenvalue weighted by molar-refractivity contribution is 0.0951. The lowest BCUT2D eigenvalue weighted by Gasteiger charge is -2.32. The number of anilines is 1. The van der Waals surface area contributed by atoms with Crippen LogP contribution in [0.15, 0.2) is 66.2 Å². The van der Waals surface area contributed by atoms with E-state index in [4.69, 9.17) is 4.98 Å². The molecular formula is C34H39IN6O3. The minimum atomic E-state index is -0.296. The molecule has 0 radical (unpaired) electrons. The van der Waals surface area contributed by atoms with Crippen molar-refractivity contribution in [2.24, 2.45) is 0 Å². The molecule has 44 heavy (non-hydrogen) atoms. The van der Waals surface area contributed by atoms with Crippen LogP contribution >= 0.6 is 22.9 Å². The molecule has 0 saturated carbocycles. The first-order valence-electron chi connectivity index (χ1n) is 15.1. The van der Waals surface area contributed by atoms with Crippen LogP contribution in [-0.2, 0) is 13.0 Å². The van der Waals surface area contributed by atoms with Crippen molar-refractivity contribution in [1.82, 2.24) is 22.5 Å². The summed E-state index contributed by atoms with van der Waals surface area (Å²) in [6.07, 6.45) is 6.38. The molecule has 0 bridgehead atoms. The van der Waals surface area contributed by atoms with Crippen molar-refractivity contribution in [3.05, 3.63) is 94.2 Å². The second kappa shape index (κ2) is 13.5. The minimum absolute atomic E-state index is 0.00898. The van der Waals surface area contributed by atoms with Crippen LogP contribution in [0.3, 0.4) is 0 Å². The molecule has 1 aromatic carbocycles. The Hall–Kier alpha value is -3.77. The summed E-state index contributed by atoms with van der Waals surface area (Å²) >= 11 is 2.36. The highest BCUT2D eigenvalue weighted by Gasteiger charge is 2.21. The number of aryl methyl sites for hydroxylation is 1. The topological polar surface area (TPSA) is 92.5 Å². The Labute approximate surface area is 272 Å². The Bertz CT molecular complexity index is 1760. The number of aromatic nitrogens is 3. The maximum absolute atomic E-state index is 13.9. The van der Waals surface area contributed by atoms with E-state index in [1.165, 1.54) is 16.7 Å². The summed E-state index contributed by atoms with van der Waals surface area (Å²) in [6.45, 7) is 15.4. The summed E-state index contributed by atoms with van der Waals surface area (Å²) < 4.78 is 5.97. The van der Waals surface area contributed by atoms with E-state index in [0.29, 0.717) is 28.9 Å². The third kappa shape index (κ3) is 6.37. The largest absolute Gasteiger partial charge is 0.354 e. The van der Waals surface area contributed by atoms with Crippen LogP contribution in [0.1, 0.15) is 65.3 Å². The van der Waals surface area contributed by atoms with E-state index in [1.807, 2.05) is 37.5 Å². The fourth-order valence-corrected chi connectivity index (χ4v) is 6.34. The Morgan fingerprint density at radius 2 is 1.84 bits per heavy atom. The van der Waals surface area contributed by atoms with Crippen LogP contribution in [0.4, 0.5) is 5.82 Å². The number of carbonyl (C=O) groups is 2. The van der Waals surface area contributed by atoms with Crippen LogP contribution in [0.2, 0.25) is 0 Å². The number of carbonyl (C=O) groups excluding carboxylic acids is 2. The zero-order valence-electron chi connectivity index (χ0n) is 25.8. The summed E-state index contributed by atoms with van der Waals surface area (Å²) in [6, 6.07) is 11.7. The second-order valence-corrected chi connectivity index (χ2v) is 12.8. The summed E-state index contributed by atoms with van der Waals surface area (Å²) in [4.78, 5) is 46.7. The van der Waals surface area contributed by atoms with E-state index in [0.717, 1.165) is 60.4 Å². The van der Waals surface area contributed by atoms with Crippen molar-refractivity contribution in [2.45, 2.75) is 53.1 Å². The molecule has 1 amide bonds. The molecule has 1 fully saturated rings. The molecule has 1 aliphatic rings. The zero-order valence-corrected chi connectivity index (χ0v) is 27.9. The first kappa shape index (κ1) is 31.6. The van der Waals surface area contributed by atoms with E-state index in [9.17, 15) is 14.4 Å². The van der Waals surface area contributed by atoms with Gasteiger partial charge in [0.15, 0.2) is 5.43 Å². The van der Waals surface area contributed by atoms with Gasteiger partial charge in [-0.15, -0.1) is 0 Å². The standard InChI is InChI=1S/C34H39IN6O3/c1-6-8-29-28(31(42)17-23(5)41(29)33(43)7-2)21-37-34(44)27-18-25(19-30-26(27)11-12-40(30)22(3)4)24-9-10-32(36-20-24)38-13-15-39(35)16-14-38/h7,9-12,17-20,22H,2,6,8,13-16,21H2,1,3-5H3,(H,37,44). The highest BCUT2D eigenvalue weighted by molar-refractivity contribution is 14.1. The van der Waals surface area contributed by atoms with Crippen LogP contribution in [0.25, 0.3) is 22.0 Å². The number of piperazine rings is 1. The van der Waals surface area contributed by atoms with Crippen molar-refractivity contribution < 1.29 is 9.59 Å². The Kier molecular flexibility index (Phi) is 9.69. The number of fused-ring (bicyclic) bond motifs is 1. The van der Waals surface area contributed by atoms with Crippen LogP contribution < -0.4 is 15.6 Å². The number of benzene rings is 1. The Morgan fingerprint density at radius 1 is 1.09 bits per heavy atom. The molecule has 3 aromatic heterocycles. The van der Waals surface area contributed by atoms with Crippen molar-refractivity contribution in [3.8, 4) is 11.1 Å². The maximum atomic E-state index is 13.9. The van der Waals surface area contributed by atoms with Crippen molar-refractivity contribution in [2.75, 3.05) is 31.1 Å². The number of hydrogen-bond donors (Lipinski definition) is 1. The number of nitrogens with zero attached hydrogens (tertiary/aromatic N) is 5. The lowest BCUT2D eigenvalue weighted by atomic mass is 10.00. The molecule has 0 spiro atoms. The smallest absolute Gasteiger partial charge is 0.254 e. The molecular weight excluding hydrogens is 667 g/mol. The van der Waals surface area contributed by atoms with Crippen molar-refractivity contribution >= 4 is 51.4 Å². The predicted molar refractivity (Wildman–Crippen MR) is 185 cm³/mol. The average Bonchev–Trinajstić information content (AvgIpc) is 3.45. The maximum Gasteiger partial charge on any atom is 0.254 e. The summed E-state index contributed by atoms with van der Waals surface area (Å²) in [5.41, 5.74) is 4.65. The SMILES string of the molecule is C=CC(=O)n1c(C)cc(=O)c(CNC(=O)c2cc(-c3ccc(N4CCN(I)CC4)nc3)cc3c2ccn3C(C)C)c1CCC. The average molecular weight is 707 g/mol. The highest BCUT2D eigenvalue weighted by atomic mass is 127. The van der Waals surface area contributed by atoms with Gasteiger partial charge >= 0.3 is 0 Å². The lowest BCUT2D eigenvalue weighted by Crippen LogP contribution is -2.42. The van der Waals surface area contributed by atoms with E-state index < -0.39 is 0 Å². The normalized spacial score (nSPS) is 13.9. The molecule has 0 atom stereocenters. The van der Waals surface area contributed by atoms with Crippen molar-refractivity contribution in [1.29, 1.82) is 0 Å². The molecule has 1 N–H and O–H groups in total. The summed E-state index contributed by atoms with van der Waals surface area (Å²) in [5, 5.41) is 3.83. The molecule has 5 rings (SSSR count). The number of amides is 1. The van der Waals surface area contributed by atoms with Gasteiger partial charge in [0.1, 0.15) is 5.82 Å². The zero-order chi connectivity index (χ0) is 31.5. The first-order valence-corrected chi connectivity index (χ1v) is 16.1. The second-order valence-electron chi connectivity index (χ2n) is 11.5. The first-order chi connectivity index (χ1) is 21.1. The fourth-order valence-electron chi connectivity index (χ4n) is 5.90. The molecule has 0 aliphatic carbocycles. The third-order valence-electron chi connectivity index (χ3n) is 8.19. The summed E-state index contributed by atoms with van der Waals surface area (Å²) in [7, 11) is 0. The van der Waals surface area contributed by atoms with E-state index in [2.05, 4.69) is 73.3 Å². The van der Waals surface area contributed by atoms with Crippen LogP contribution in [0, 0.1) is 6.92 Å². The third-order valence-corrected chi connectivity index (χ3v) is 9.15. The van der Waals surface area contributed by atoms with Gasteiger partial charge in [0.2, 0.25) is 0 Å². The Balaban J connectivity index is 1.50. The van der Waals surface area contributed by atoms with E-state index >= 15 is 0 Å². The van der Waals surface area contributed by atoms with Crippen LogP contribution in [0.5, 0.6) is 0 Å². The fraction of sp³-hybridized carbons (Fsp3) is 0.353. The summed E-state index contributed by atoms with van der Waals surface area (Å²) in [5.74, 6) is 0.364. The molecule has 230 valence electrons. The van der Waals surface area contributed by atoms with Gasteiger partial charge in [-0.2, -0.15) is 0 Å². The van der Waals surface area contributed by atoms with Crippen molar-refractivity contribution in [3.63, 3.8) is 0 Å². The number of allylic oxidation sites excluding steroid dienone is 1. The van der Waals surface area contributed by atoms with Gasteiger partial charge in [-0.25, -0.2) is 8.10 Å². The van der Waals surface area contributed by atoms with Gasteiger partial charge in [0.25, 0.3) is 11.8 Å². The number of pyridine rings is 2. The van der Waals surface area contributed by atoms with Gasteiger partial charge in [0, 0.05) is 119 Å². The monoisotopic (exact) mass is 706 g/mol. The van der Waals surface area contributed by atoms with E-state index in [1.54, 1.807) is 6.92 Å². The minimum Gasteiger partial charge on any atom is -0.354 e. The molecule has 1 saturated heterocycles. The quantitative estimate of drug-likeness (QED) is 0.132. The number of hydrogen-bond acceptors (Lipinski definition) is 6. The van der Waals surface area contributed by atoms with Gasteiger partial charge in [-0.3, -0.25) is 19.0 Å². The number of halogens is 1. The number of nitrogens with one attached hydrogen (secondary N) is 1. The van der Waals surface area contributed by atoms with E-state index in [-0.39, 0.29) is 29.8 Å². The molecule has 0 unspecified atom stereocenters.